The van der Waals surface area contributed by atoms with E-state index >= 15 is 0 Å². The lowest BCUT2D eigenvalue weighted by Crippen LogP contribution is -2.44. The number of aromatic nitrogens is 2. The molecule has 0 amide bonds. The Bertz CT molecular complexity index is 1090. The van der Waals surface area contributed by atoms with E-state index in [-0.39, 0.29) is 0 Å². The van der Waals surface area contributed by atoms with Gasteiger partial charge in [-0.3, -0.25) is 0 Å². The molecule has 0 N–H and O–H groups in total. The minimum absolute atomic E-state index is 1.08. The van der Waals surface area contributed by atoms with Gasteiger partial charge >= 0.3 is 0 Å². The molecular formula is C23H24N4S. The van der Waals surface area contributed by atoms with Gasteiger partial charge in [0.05, 0.1) is 11.4 Å². The van der Waals surface area contributed by atoms with Gasteiger partial charge in [-0.05, 0) is 49.9 Å². The van der Waals surface area contributed by atoms with E-state index in [1.165, 1.54) is 26.3 Å². The van der Waals surface area contributed by atoms with Crippen LogP contribution in [0.1, 0.15) is 5.69 Å². The summed E-state index contributed by atoms with van der Waals surface area (Å²) in [5, 5.41) is 6.00. The largest absolute Gasteiger partial charge is 0.369 e. The molecule has 4 aromatic rings. The van der Waals surface area contributed by atoms with Crippen LogP contribution in [0.3, 0.4) is 0 Å². The monoisotopic (exact) mass is 388 g/mol. The zero-order valence-electron chi connectivity index (χ0n) is 16.3. The number of likely N-dealkylation sites (N-methyl/N-ethyl adjacent to an activating group) is 1. The quantitative estimate of drug-likeness (QED) is 0.503. The number of anilines is 1. The molecular weight excluding hydrogens is 364 g/mol. The van der Waals surface area contributed by atoms with Crippen molar-refractivity contribution >= 4 is 27.2 Å². The molecule has 1 aliphatic rings. The average molecular weight is 389 g/mol. The lowest BCUT2D eigenvalue weighted by molar-refractivity contribution is 0.313. The van der Waals surface area contributed by atoms with Crippen molar-refractivity contribution in [3.05, 3.63) is 66.4 Å². The summed E-state index contributed by atoms with van der Waals surface area (Å²) in [5.74, 6) is 0. The molecule has 0 radical (unpaired) electrons. The van der Waals surface area contributed by atoms with Crippen LogP contribution < -0.4 is 4.90 Å². The van der Waals surface area contributed by atoms with Gasteiger partial charge in [0.2, 0.25) is 0 Å². The Morgan fingerprint density at radius 1 is 0.857 bits per heavy atom. The number of benzene rings is 2. The topological polar surface area (TPSA) is 24.3 Å². The molecule has 4 nitrogen and oxygen atoms in total. The average Bonchev–Trinajstić information content (AvgIpc) is 3.30. The zero-order chi connectivity index (χ0) is 19.1. The lowest BCUT2D eigenvalue weighted by atomic mass is 10.1. The number of hydrogen-bond acceptors (Lipinski definition) is 4. The van der Waals surface area contributed by atoms with Gasteiger partial charge in [-0.15, -0.1) is 11.3 Å². The number of piperazine rings is 1. The summed E-state index contributed by atoms with van der Waals surface area (Å²) in [6.07, 6.45) is 0. The van der Waals surface area contributed by atoms with Crippen LogP contribution in [-0.2, 0) is 0 Å². The normalized spacial score (nSPS) is 15.4. The molecule has 0 bridgehead atoms. The molecule has 0 unspecified atom stereocenters. The van der Waals surface area contributed by atoms with Crippen LogP contribution in [0.2, 0.25) is 0 Å². The van der Waals surface area contributed by atoms with Gasteiger partial charge in [-0.2, -0.15) is 5.10 Å². The molecule has 28 heavy (non-hydrogen) atoms. The molecule has 1 saturated heterocycles. The van der Waals surface area contributed by atoms with Gasteiger partial charge < -0.3 is 9.80 Å². The minimum Gasteiger partial charge on any atom is -0.369 e. The first kappa shape index (κ1) is 17.5. The van der Waals surface area contributed by atoms with Gasteiger partial charge in [0, 0.05) is 42.1 Å². The van der Waals surface area contributed by atoms with E-state index in [1.54, 1.807) is 0 Å². The fourth-order valence-corrected chi connectivity index (χ4v) is 5.02. The highest BCUT2D eigenvalue weighted by molar-refractivity contribution is 7.22. The Morgan fingerprint density at radius 2 is 1.57 bits per heavy atom. The second-order valence-corrected chi connectivity index (χ2v) is 8.53. The summed E-state index contributed by atoms with van der Waals surface area (Å²) in [5.41, 5.74) is 4.79. The highest BCUT2D eigenvalue weighted by Gasteiger charge is 2.16. The number of hydrogen-bond donors (Lipinski definition) is 0. The molecule has 5 heteroatoms. The maximum Gasteiger partial charge on any atom is 0.127 e. The van der Waals surface area contributed by atoms with Crippen molar-refractivity contribution in [1.29, 1.82) is 0 Å². The van der Waals surface area contributed by atoms with E-state index in [2.05, 4.69) is 83.1 Å². The first-order valence-electron chi connectivity index (χ1n) is 9.77. The van der Waals surface area contributed by atoms with E-state index in [9.17, 15) is 0 Å². The summed E-state index contributed by atoms with van der Waals surface area (Å²) < 4.78 is 2.07. The van der Waals surface area contributed by atoms with Gasteiger partial charge in [0.1, 0.15) is 4.83 Å². The second kappa shape index (κ2) is 7.08. The number of rotatable bonds is 3. The van der Waals surface area contributed by atoms with E-state index in [0.717, 1.165) is 37.6 Å². The van der Waals surface area contributed by atoms with Crippen LogP contribution in [0.15, 0.2) is 60.7 Å². The number of aryl methyl sites for hydroxylation is 1. The fourth-order valence-electron chi connectivity index (χ4n) is 3.83. The van der Waals surface area contributed by atoms with E-state index in [4.69, 9.17) is 5.10 Å². The van der Waals surface area contributed by atoms with Gasteiger partial charge in [-0.1, -0.05) is 30.3 Å². The first-order chi connectivity index (χ1) is 13.7. The van der Waals surface area contributed by atoms with Crippen molar-refractivity contribution in [2.75, 3.05) is 38.1 Å². The van der Waals surface area contributed by atoms with E-state index < -0.39 is 0 Å². The molecule has 5 rings (SSSR count). The predicted molar refractivity (Wildman–Crippen MR) is 119 cm³/mol. The Morgan fingerprint density at radius 3 is 2.29 bits per heavy atom. The molecule has 0 saturated carbocycles. The number of nitrogens with zero attached hydrogens (tertiary/aromatic N) is 4. The van der Waals surface area contributed by atoms with Crippen molar-refractivity contribution in [2.24, 2.45) is 0 Å². The molecule has 1 aliphatic heterocycles. The van der Waals surface area contributed by atoms with E-state index in [0.29, 0.717) is 0 Å². The second-order valence-electron chi connectivity index (χ2n) is 7.50. The minimum atomic E-state index is 1.08. The van der Waals surface area contributed by atoms with Crippen LogP contribution in [0, 0.1) is 6.92 Å². The molecule has 0 atom stereocenters. The number of para-hydroxylation sites is 1. The van der Waals surface area contributed by atoms with Crippen molar-refractivity contribution in [3.8, 4) is 16.1 Å². The highest BCUT2D eigenvalue weighted by Crippen LogP contribution is 2.36. The highest BCUT2D eigenvalue weighted by atomic mass is 32.1. The predicted octanol–water partition coefficient (Wildman–Crippen LogP) is 4.81. The van der Waals surface area contributed by atoms with Gasteiger partial charge in [-0.25, -0.2) is 4.68 Å². The lowest BCUT2D eigenvalue weighted by Gasteiger charge is -2.34. The molecule has 0 spiro atoms. The molecule has 3 heterocycles. The smallest absolute Gasteiger partial charge is 0.127 e. The molecule has 2 aromatic carbocycles. The number of thiophene rings is 1. The van der Waals surface area contributed by atoms with E-state index in [1.807, 2.05) is 17.4 Å². The Balaban J connectivity index is 1.47. The zero-order valence-corrected chi connectivity index (χ0v) is 17.1. The van der Waals surface area contributed by atoms with Crippen LogP contribution >= 0.6 is 11.3 Å². The van der Waals surface area contributed by atoms with Gasteiger partial charge in [0.25, 0.3) is 0 Å². The molecule has 0 aliphatic carbocycles. The van der Waals surface area contributed by atoms with Crippen LogP contribution in [-0.4, -0.2) is 47.9 Å². The third-order valence-electron chi connectivity index (χ3n) is 5.57. The summed E-state index contributed by atoms with van der Waals surface area (Å²) in [6, 6.07) is 21.7. The summed E-state index contributed by atoms with van der Waals surface area (Å²) in [6.45, 7) is 6.56. The van der Waals surface area contributed by atoms with Crippen molar-refractivity contribution < 1.29 is 0 Å². The third kappa shape index (κ3) is 3.11. The summed E-state index contributed by atoms with van der Waals surface area (Å²) >= 11 is 1.81. The molecule has 142 valence electrons. The van der Waals surface area contributed by atoms with Crippen molar-refractivity contribution in [2.45, 2.75) is 6.92 Å². The SMILES string of the molecule is Cc1nn(-c2ccccc2)c2sc(-c3ccc(N4CCN(C)CC4)cc3)cc12. The standard InChI is InChI=1S/C23H24N4S/c1-17-21-16-22(28-23(21)27(24-17)20-6-4-3-5-7-20)18-8-10-19(11-9-18)26-14-12-25(2)13-15-26/h3-11,16H,12-15H2,1-2H3. The maximum absolute atomic E-state index is 4.75. The Labute approximate surface area is 169 Å². The Hall–Kier alpha value is -2.63. The van der Waals surface area contributed by atoms with Crippen molar-refractivity contribution in [3.63, 3.8) is 0 Å². The van der Waals surface area contributed by atoms with Crippen molar-refractivity contribution in [1.82, 2.24) is 14.7 Å². The van der Waals surface area contributed by atoms with Gasteiger partial charge in [0.15, 0.2) is 0 Å². The fraction of sp³-hybridized carbons (Fsp3) is 0.261. The summed E-state index contributed by atoms with van der Waals surface area (Å²) in [7, 11) is 2.19. The first-order valence-corrected chi connectivity index (χ1v) is 10.6. The third-order valence-corrected chi connectivity index (χ3v) is 6.73. The van der Waals surface area contributed by atoms with Crippen LogP contribution in [0.4, 0.5) is 5.69 Å². The summed E-state index contributed by atoms with van der Waals surface area (Å²) in [4.78, 5) is 7.37. The van der Waals surface area contributed by atoms with Crippen LogP contribution in [0.5, 0.6) is 0 Å². The Kier molecular flexibility index (Phi) is 4.41. The molecule has 1 fully saturated rings. The maximum atomic E-state index is 4.75. The van der Waals surface area contributed by atoms with Crippen LogP contribution in [0.25, 0.3) is 26.3 Å². The number of fused-ring (bicyclic) bond motifs is 1. The molecule has 2 aromatic heterocycles.